The molecular weight excluding hydrogens is 252 g/mol. The molecule has 1 rings (SSSR count). The van der Waals surface area contributed by atoms with Gasteiger partial charge in [0, 0.05) is 12.1 Å². The summed E-state index contributed by atoms with van der Waals surface area (Å²) in [5.74, 6) is 1.41. The maximum Gasteiger partial charge on any atom is 0.317 e. The third-order valence-corrected chi connectivity index (χ3v) is 4.73. The molecule has 0 unspecified atom stereocenters. The van der Waals surface area contributed by atoms with Crippen molar-refractivity contribution in [2.24, 2.45) is 17.8 Å². The molecule has 0 radical (unpaired) electrons. The summed E-state index contributed by atoms with van der Waals surface area (Å²) < 4.78 is 0. The van der Waals surface area contributed by atoms with Crippen LogP contribution in [0.15, 0.2) is 0 Å². The van der Waals surface area contributed by atoms with E-state index in [4.69, 9.17) is 5.11 Å². The molecule has 0 saturated heterocycles. The Hall–Kier alpha value is -0.610. The number of likely N-dealkylation sites (N-methyl/N-ethyl adjacent to an activating group) is 1. The second-order valence-electron chi connectivity index (χ2n) is 6.84. The number of hydrogen-bond donors (Lipinski definition) is 2. The van der Waals surface area contributed by atoms with Crippen LogP contribution in [-0.2, 0) is 4.79 Å². The number of carboxylic acids is 1. The van der Waals surface area contributed by atoms with Crippen LogP contribution in [0.3, 0.4) is 0 Å². The largest absolute Gasteiger partial charge is 0.480 e. The van der Waals surface area contributed by atoms with E-state index in [9.17, 15) is 4.79 Å². The maximum absolute atomic E-state index is 10.8. The standard InChI is InChI=1S/C16H32N2O2/c1-6-18(10-16(19)20)14-7-13(8-14)17-9-15(11(2)3)12(4)5/h11-15,17H,6-10H2,1-5H3,(H,19,20). The highest BCUT2D eigenvalue weighted by Crippen LogP contribution is 2.27. The molecule has 0 atom stereocenters. The predicted molar refractivity (Wildman–Crippen MR) is 82.9 cm³/mol. The van der Waals surface area contributed by atoms with E-state index in [1.54, 1.807) is 0 Å². The van der Waals surface area contributed by atoms with Gasteiger partial charge in [-0.2, -0.15) is 0 Å². The van der Waals surface area contributed by atoms with Crippen molar-refractivity contribution in [2.45, 2.75) is 59.5 Å². The lowest BCUT2D eigenvalue weighted by atomic mass is 9.82. The van der Waals surface area contributed by atoms with Crippen LogP contribution in [0.2, 0.25) is 0 Å². The summed E-state index contributed by atoms with van der Waals surface area (Å²) in [7, 11) is 0. The minimum absolute atomic E-state index is 0.175. The Morgan fingerprint density at radius 1 is 1.25 bits per heavy atom. The van der Waals surface area contributed by atoms with Crippen molar-refractivity contribution in [3.8, 4) is 0 Å². The highest BCUT2D eigenvalue weighted by molar-refractivity contribution is 5.69. The van der Waals surface area contributed by atoms with Crippen molar-refractivity contribution in [1.29, 1.82) is 0 Å². The molecule has 0 amide bonds. The van der Waals surface area contributed by atoms with Gasteiger partial charge in [-0.25, -0.2) is 0 Å². The van der Waals surface area contributed by atoms with Crippen LogP contribution < -0.4 is 5.32 Å². The fourth-order valence-corrected chi connectivity index (χ4v) is 3.27. The van der Waals surface area contributed by atoms with Gasteiger partial charge in [0.15, 0.2) is 0 Å². The molecule has 1 saturated carbocycles. The van der Waals surface area contributed by atoms with E-state index in [0.717, 1.165) is 31.8 Å². The molecule has 0 aromatic heterocycles. The van der Waals surface area contributed by atoms with Crippen LogP contribution in [0.25, 0.3) is 0 Å². The van der Waals surface area contributed by atoms with E-state index in [1.165, 1.54) is 0 Å². The fourth-order valence-electron chi connectivity index (χ4n) is 3.27. The number of carboxylic acid groups (broad SMARTS) is 1. The van der Waals surface area contributed by atoms with Gasteiger partial charge in [-0.1, -0.05) is 34.6 Å². The Morgan fingerprint density at radius 2 is 1.80 bits per heavy atom. The van der Waals surface area contributed by atoms with E-state index in [1.807, 2.05) is 6.92 Å². The lowest BCUT2D eigenvalue weighted by Gasteiger charge is -2.43. The van der Waals surface area contributed by atoms with Gasteiger partial charge in [0.25, 0.3) is 0 Å². The van der Waals surface area contributed by atoms with Crippen LogP contribution in [0.4, 0.5) is 0 Å². The van der Waals surface area contributed by atoms with Gasteiger partial charge in [0.05, 0.1) is 6.54 Å². The zero-order chi connectivity index (χ0) is 15.3. The topological polar surface area (TPSA) is 52.6 Å². The molecule has 0 aromatic rings. The first kappa shape index (κ1) is 17.4. The molecule has 0 aliphatic heterocycles. The van der Waals surface area contributed by atoms with E-state index in [2.05, 4.69) is 37.9 Å². The van der Waals surface area contributed by atoms with Gasteiger partial charge >= 0.3 is 5.97 Å². The first-order valence-electron chi connectivity index (χ1n) is 8.04. The Morgan fingerprint density at radius 3 is 2.20 bits per heavy atom. The van der Waals surface area contributed by atoms with Gasteiger partial charge in [-0.05, 0) is 43.7 Å². The summed E-state index contributed by atoms with van der Waals surface area (Å²) >= 11 is 0. The van der Waals surface area contributed by atoms with Gasteiger partial charge in [-0.3, -0.25) is 9.69 Å². The van der Waals surface area contributed by atoms with Crippen LogP contribution in [0, 0.1) is 17.8 Å². The molecule has 20 heavy (non-hydrogen) atoms. The molecule has 1 fully saturated rings. The quantitative estimate of drug-likeness (QED) is 0.683. The summed E-state index contributed by atoms with van der Waals surface area (Å²) in [6, 6.07) is 1.02. The number of nitrogens with one attached hydrogen (secondary N) is 1. The summed E-state index contributed by atoms with van der Waals surface area (Å²) in [6.45, 7) is 13.3. The van der Waals surface area contributed by atoms with Crippen molar-refractivity contribution >= 4 is 5.97 Å². The van der Waals surface area contributed by atoms with Crippen molar-refractivity contribution in [3.63, 3.8) is 0 Å². The molecule has 1 aliphatic rings. The van der Waals surface area contributed by atoms with Crippen molar-refractivity contribution < 1.29 is 9.90 Å². The second kappa shape index (κ2) is 7.99. The highest BCUT2D eigenvalue weighted by atomic mass is 16.4. The summed E-state index contributed by atoms with van der Waals surface area (Å²) in [4.78, 5) is 12.9. The molecule has 0 heterocycles. The zero-order valence-electron chi connectivity index (χ0n) is 13.7. The van der Waals surface area contributed by atoms with Crippen molar-refractivity contribution in [3.05, 3.63) is 0 Å². The molecule has 0 bridgehead atoms. The number of carbonyl (C=O) groups is 1. The average Bonchev–Trinajstić information content (AvgIpc) is 2.28. The minimum Gasteiger partial charge on any atom is -0.480 e. The molecule has 4 heteroatoms. The third kappa shape index (κ3) is 5.06. The van der Waals surface area contributed by atoms with E-state index >= 15 is 0 Å². The van der Waals surface area contributed by atoms with Crippen LogP contribution in [0.5, 0.6) is 0 Å². The SMILES string of the molecule is CCN(CC(=O)O)C1CC(NCC(C(C)C)C(C)C)C1. The Kier molecular flexibility index (Phi) is 6.96. The highest BCUT2D eigenvalue weighted by Gasteiger charge is 2.34. The molecule has 0 aromatic carbocycles. The molecular formula is C16H32N2O2. The lowest BCUT2D eigenvalue weighted by molar-refractivity contribution is -0.139. The third-order valence-electron chi connectivity index (χ3n) is 4.73. The lowest BCUT2D eigenvalue weighted by Crippen LogP contribution is -2.54. The second-order valence-corrected chi connectivity index (χ2v) is 6.84. The van der Waals surface area contributed by atoms with Gasteiger partial charge in [0.2, 0.25) is 0 Å². The predicted octanol–water partition coefficient (Wildman–Crippen LogP) is 2.44. The average molecular weight is 284 g/mol. The minimum atomic E-state index is -0.720. The number of hydrogen-bond acceptors (Lipinski definition) is 3. The maximum atomic E-state index is 10.8. The van der Waals surface area contributed by atoms with Gasteiger partial charge in [-0.15, -0.1) is 0 Å². The Labute approximate surface area is 123 Å². The molecule has 4 nitrogen and oxygen atoms in total. The monoisotopic (exact) mass is 284 g/mol. The van der Waals surface area contributed by atoms with E-state index in [0.29, 0.717) is 23.9 Å². The van der Waals surface area contributed by atoms with E-state index in [-0.39, 0.29) is 6.54 Å². The number of rotatable bonds is 9. The van der Waals surface area contributed by atoms with Gasteiger partial charge < -0.3 is 10.4 Å². The van der Waals surface area contributed by atoms with Crippen molar-refractivity contribution in [1.82, 2.24) is 10.2 Å². The molecule has 0 spiro atoms. The summed E-state index contributed by atoms with van der Waals surface area (Å²) in [5.41, 5.74) is 0. The van der Waals surface area contributed by atoms with Crippen molar-refractivity contribution in [2.75, 3.05) is 19.6 Å². The van der Waals surface area contributed by atoms with E-state index < -0.39 is 5.97 Å². The smallest absolute Gasteiger partial charge is 0.317 e. The molecule has 1 aliphatic carbocycles. The first-order chi connectivity index (χ1) is 9.35. The number of nitrogens with zero attached hydrogens (tertiary/aromatic N) is 1. The van der Waals surface area contributed by atoms with Crippen LogP contribution in [-0.4, -0.2) is 47.7 Å². The zero-order valence-corrected chi connectivity index (χ0v) is 13.7. The van der Waals surface area contributed by atoms with Gasteiger partial charge in [0.1, 0.15) is 0 Å². The molecule has 2 N–H and O–H groups in total. The molecule has 118 valence electrons. The fraction of sp³-hybridized carbons (Fsp3) is 0.938. The Balaban J connectivity index is 2.29. The van der Waals surface area contributed by atoms with Crippen LogP contribution >= 0.6 is 0 Å². The first-order valence-corrected chi connectivity index (χ1v) is 8.04. The number of aliphatic carboxylic acids is 1. The van der Waals surface area contributed by atoms with Crippen LogP contribution in [0.1, 0.15) is 47.5 Å². The summed E-state index contributed by atoms with van der Waals surface area (Å²) in [5, 5.41) is 12.6. The Bertz CT molecular complexity index is 291. The summed E-state index contributed by atoms with van der Waals surface area (Å²) in [6.07, 6.45) is 2.17. The normalized spacial score (nSPS) is 22.9.